The van der Waals surface area contributed by atoms with Crippen molar-refractivity contribution in [2.24, 2.45) is 5.16 Å². The summed E-state index contributed by atoms with van der Waals surface area (Å²) in [6.07, 6.45) is 1.82. The molecule has 0 saturated carbocycles. The lowest BCUT2D eigenvalue weighted by molar-refractivity contribution is -0.135. The number of benzene rings is 3. The minimum atomic E-state index is -1.00. The molecule has 0 saturated heterocycles. The first-order valence-electron chi connectivity index (χ1n) is 9.38. The maximum absolute atomic E-state index is 11.9. The molecule has 0 amide bonds. The molecule has 148 valence electrons. The lowest BCUT2D eigenvalue weighted by Gasteiger charge is -2.33. The summed E-state index contributed by atoms with van der Waals surface area (Å²) < 4.78 is 5.12. The highest BCUT2D eigenvalue weighted by Gasteiger charge is 2.39. The molecule has 0 aliphatic carbocycles. The molecule has 0 aliphatic rings. The summed E-state index contributed by atoms with van der Waals surface area (Å²) in [6, 6.07) is 29.5. The fourth-order valence-corrected chi connectivity index (χ4v) is 3.32. The second-order valence-electron chi connectivity index (χ2n) is 6.32. The zero-order chi connectivity index (χ0) is 20.4. The van der Waals surface area contributed by atoms with Crippen LogP contribution in [-0.2, 0) is 20.0 Å². The summed E-state index contributed by atoms with van der Waals surface area (Å²) in [4.78, 5) is 18.1. The van der Waals surface area contributed by atoms with Crippen LogP contribution < -0.4 is 0 Å². The smallest absolute Gasteiger partial charge is 0.352 e. The van der Waals surface area contributed by atoms with E-state index in [1.165, 1.54) is 0 Å². The SMILES string of the molecule is O=C(/C=N/OC(c1ccccc1)(c1ccccc1)c1ccccc1)OCCCBr. The number of alkyl halides is 1. The molecule has 5 heteroatoms. The van der Waals surface area contributed by atoms with Crippen LogP contribution in [-0.4, -0.2) is 24.1 Å². The monoisotopic (exact) mass is 451 g/mol. The number of ether oxygens (including phenoxy) is 1. The molecule has 0 aromatic heterocycles. The highest BCUT2D eigenvalue weighted by molar-refractivity contribution is 9.09. The summed E-state index contributed by atoms with van der Waals surface area (Å²) in [5, 5.41) is 4.81. The molecule has 0 radical (unpaired) electrons. The van der Waals surface area contributed by atoms with Gasteiger partial charge in [-0.25, -0.2) is 4.79 Å². The third-order valence-corrected chi connectivity index (χ3v) is 4.97. The molecule has 0 atom stereocenters. The third kappa shape index (κ3) is 5.12. The van der Waals surface area contributed by atoms with Gasteiger partial charge in [-0.3, -0.25) is 0 Å². The molecule has 4 nitrogen and oxygen atoms in total. The van der Waals surface area contributed by atoms with Crippen molar-refractivity contribution in [2.75, 3.05) is 11.9 Å². The molecule has 0 bridgehead atoms. The van der Waals surface area contributed by atoms with Gasteiger partial charge in [0.15, 0.2) is 6.21 Å². The van der Waals surface area contributed by atoms with Crippen LogP contribution >= 0.6 is 15.9 Å². The second kappa shape index (κ2) is 10.6. The number of rotatable bonds is 9. The van der Waals surface area contributed by atoms with E-state index >= 15 is 0 Å². The van der Waals surface area contributed by atoms with Gasteiger partial charge in [0.05, 0.1) is 6.61 Å². The van der Waals surface area contributed by atoms with Crippen LogP contribution in [0.15, 0.2) is 96.2 Å². The zero-order valence-corrected chi connectivity index (χ0v) is 17.5. The summed E-state index contributed by atoms with van der Waals surface area (Å²) in [5.41, 5.74) is 1.71. The van der Waals surface area contributed by atoms with Gasteiger partial charge < -0.3 is 9.57 Å². The first-order valence-corrected chi connectivity index (χ1v) is 10.5. The lowest BCUT2D eigenvalue weighted by Crippen LogP contribution is -2.31. The van der Waals surface area contributed by atoms with Crippen molar-refractivity contribution >= 4 is 28.1 Å². The van der Waals surface area contributed by atoms with E-state index in [4.69, 9.17) is 9.57 Å². The molecule has 29 heavy (non-hydrogen) atoms. The molecule has 3 rings (SSSR count). The number of hydrogen-bond donors (Lipinski definition) is 0. The molecular weight excluding hydrogens is 430 g/mol. The summed E-state index contributed by atoms with van der Waals surface area (Å²) in [6.45, 7) is 0.331. The largest absolute Gasteiger partial charge is 0.461 e. The van der Waals surface area contributed by atoms with E-state index < -0.39 is 11.6 Å². The van der Waals surface area contributed by atoms with Crippen molar-refractivity contribution in [1.29, 1.82) is 0 Å². The third-order valence-electron chi connectivity index (χ3n) is 4.41. The van der Waals surface area contributed by atoms with E-state index in [-0.39, 0.29) is 0 Å². The Labute approximate surface area is 179 Å². The van der Waals surface area contributed by atoms with Crippen molar-refractivity contribution in [2.45, 2.75) is 12.0 Å². The van der Waals surface area contributed by atoms with Crippen LogP contribution in [0, 0.1) is 0 Å². The zero-order valence-electron chi connectivity index (χ0n) is 15.9. The molecule has 0 unspecified atom stereocenters. The average Bonchev–Trinajstić information content (AvgIpc) is 2.79. The molecule has 0 N–H and O–H groups in total. The fourth-order valence-electron chi connectivity index (χ4n) is 3.09. The van der Waals surface area contributed by atoms with Gasteiger partial charge in [-0.05, 0) is 6.42 Å². The van der Waals surface area contributed by atoms with E-state index in [1.54, 1.807) is 0 Å². The average molecular weight is 452 g/mol. The fraction of sp³-hybridized carbons (Fsp3) is 0.167. The van der Waals surface area contributed by atoms with E-state index in [2.05, 4.69) is 21.1 Å². The number of halogens is 1. The minimum Gasteiger partial charge on any atom is -0.461 e. The van der Waals surface area contributed by atoms with E-state index in [0.29, 0.717) is 6.61 Å². The number of hydrogen-bond acceptors (Lipinski definition) is 4. The Kier molecular flexibility index (Phi) is 7.59. The van der Waals surface area contributed by atoms with Crippen molar-refractivity contribution in [3.05, 3.63) is 108 Å². The van der Waals surface area contributed by atoms with Crippen LogP contribution in [0.1, 0.15) is 23.1 Å². The van der Waals surface area contributed by atoms with Crippen LogP contribution in [0.2, 0.25) is 0 Å². The van der Waals surface area contributed by atoms with E-state index in [1.807, 2.05) is 91.0 Å². The Balaban J connectivity index is 2.02. The molecule has 3 aromatic carbocycles. The van der Waals surface area contributed by atoms with Gasteiger partial charge in [0.1, 0.15) is 0 Å². The van der Waals surface area contributed by atoms with Gasteiger partial charge in [0, 0.05) is 22.0 Å². The van der Waals surface area contributed by atoms with Gasteiger partial charge in [-0.1, -0.05) is 112 Å². The molecule has 0 fully saturated rings. The number of nitrogens with zero attached hydrogens (tertiary/aromatic N) is 1. The summed E-state index contributed by atoms with van der Waals surface area (Å²) >= 11 is 3.31. The predicted octanol–water partition coefficient (Wildman–Crippen LogP) is 5.31. The Hall–Kier alpha value is -2.92. The normalized spacial score (nSPS) is 11.3. The van der Waals surface area contributed by atoms with Crippen LogP contribution in [0.4, 0.5) is 0 Å². The molecular formula is C24H22BrNO3. The van der Waals surface area contributed by atoms with Gasteiger partial charge in [-0.2, -0.15) is 0 Å². The van der Waals surface area contributed by atoms with Gasteiger partial charge in [-0.15, -0.1) is 0 Å². The standard InChI is InChI=1S/C24H22BrNO3/c25-17-10-18-28-23(27)19-26-29-24(20-11-4-1-5-12-20,21-13-6-2-7-14-21)22-15-8-3-9-16-22/h1-9,11-16,19H,10,17-18H2/b26-19+. The van der Waals surface area contributed by atoms with E-state index in [9.17, 15) is 4.79 Å². The first-order chi connectivity index (χ1) is 14.3. The topological polar surface area (TPSA) is 47.9 Å². The Bertz CT molecular complexity index is 818. The van der Waals surface area contributed by atoms with Crippen molar-refractivity contribution in [3.63, 3.8) is 0 Å². The number of carbonyl (C=O) groups excluding carboxylic acids is 1. The Morgan fingerprint density at radius 2 is 1.28 bits per heavy atom. The number of oxime groups is 1. The van der Waals surface area contributed by atoms with Gasteiger partial charge in [0.2, 0.25) is 5.60 Å². The molecule has 0 spiro atoms. The predicted molar refractivity (Wildman–Crippen MR) is 118 cm³/mol. The Morgan fingerprint density at radius 1 is 0.828 bits per heavy atom. The van der Waals surface area contributed by atoms with Crippen LogP contribution in [0.5, 0.6) is 0 Å². The minimum absolute atomic E-state index is 0.331. The van der Waals surface area contributed by atoms with Gasteiger partial charge in [0.25, 0.3) is 0 Å². The molecule has 0 aliphatic heterocycles. The first kappa shape index (κ1) is 20.8. The van der Waals surface area contributed by atoms with E-state index in [0.717, 1.165) is 34.7 Å². The maximum atomic E-state index is 11.9. The Morgan fingerprint density at radius 3 is 1.69 bits per heavy atom. The van der Waals surface area contributed by atoms with Gasteiger partial charge >= 0.3 is 5.97 Å². The second-order valence-corrected chi connectivity index (χ2v) is 7.11. The molecule has 3 aromatic rings. The molecule has 0 heterocycles. The maximum Gasteiger partial charge on any atom is 0.352 e. The van der Waals surface area contributed by atoms with Crippen LogP contribution in [0.3, 0.4) is 0 Å². The van der Waals surface area contributed by atoms with Crippen molar-refractivity contribution in [3.8, 4) is 0 Å². The number of carbonyl (C=O) groups is 1. The number of esters is 1. The van der Waals surface area contributed by atoms with Crippen molar-refractivity contribution in [1.82, 2.24) is 0 Å². The summed E-state index contributed by atoms with van der Waals surface area (Å²) in [5.74, 6) is -0.533. The highest BCUT2D eigenvalue weighted by Crippen LogP contribution is 2.40. The highest BCUT2D eigenvalue weighted by atomic mass is 79.9. The van der Waals surface area contributed by atoms with Crippen LogP contribution in [0.25, 0.3) is 0 Å². The van der Waals surface area contributed by atoms with Crippen molar-refractivity contribution < 1.29 is 14.4 Å². The summed E-state index contributed by atoms with van der Waals surface area (Å²) in [7, 11) is 0. The quantitative estimate of drug-likeness (QED) is 0.110. The lowest BCUT2D eigenvalue weighted by atomic mass is 9.80.